The van der Waals surface area contributed by atoms with Crippen LogP contribution < -0.4 is 15.9 Å². The molecule has 0 aliphatic heterocycles. The topological polar surface area (TPSA) is 68.8 Å². The van der Waals surface area contributed by atoms with Crippen LogP contribution in [-0.4, -0.2) is 18.7 Å². The summed E-state index contributed by atoms with van der Waals surface area (Å²) in [5.41, 5.74) is 2.08. The Balaban J connectivity index is 1.55. The van der Waals surface area contributed by atoms with E-state index in [-0.39, 0.29) is 4.90 Å². The van der Waals surface area contributed by atoms with Gasteiger partial charge in [-0.15, -0.1) is 0 Å². The van der Waals surface area contributed by atoms with E-state index >= 15 is 0 Å². The van der Waals surface area contributed by atoms with Gasteiger partial charge in [-0.1, -0.05) is 91.0 Å². The molecule has 0 aliphatic rings. The van der Waals surface area contributed by atoms with E-state index in [2.05, 4.69) is 70.6 Å². The van der Waals surface area contributed by atoms with E-state index in [1.165, 1.54) is 15.9 Å². The predicted octanol–water partition coefficient (Wildman–Crippen LogP) is 4.23. The molecule has 4 nitrogen and oxygen atoms in total. The number of para-hydroxylation sites is 1. The molecular weight excluding hydrogens is 423 g/mol. The van der Waals surface area contributed by atoms with Gasteiger partial charge in [0, 0.05) is 5.56 Å². The Labute approximate surface area is 184 Å². The summed E-state index contributed by atoms with van der Waals surface area (Å²) in [6, 6.07) is 34.6. The molecule has 0 fully saturated rings. The van der Waals surface area contributed by atoms with E-state index in [0.717, 1.165) is 5.56 Å². The van der Waals surface area contributed by atoms with Crippen LogP contribution in [0.2, 0.25) is 0 Å². The summed E-state index contributed by atoms with van der Waals surface area (Å²) in [5.74, 6) is 0.656. The quantitative estimate of drug-likeness (QED) is 0.328. The highest BCUT2D eigenvalue weighted by Crippen LogP contribution is 2.33. The normalized spacial score (nSPS) is 12.3. The van der Waals surface area contributed by atoms with Crippen molar-refractivity contribution in [2.24, 2.45) is 0 Å². The van der Waals surface area contributed by atoms with Crippen LogP contribution in [0.1, 0.15) is 0 Å². The average molecular weight is 441 g/mol. The number of benzene rings is 4. The second kappa shape index (κ2) is 8.56. The Bertz CT molecular complexity index is 1310. The first kappa shape index (κ1) is 19.8. The predicted molar refractivity (Wildman–Crippen MR) is 127 cm³/mol. The number of aromatic amines is 1. The van der Waals surface area contributed by atoms with Crippen LogP contribution in [0.15, 0.2) is 108 Å². The van der Waals surface area contributed by atoms with Crippen molar-refractivity contribution in [3.8, 4) is 11.4 Å². The Kier molecular flexibility index (Phi) is 5.47. The highest BCUT2D eigenvalue weighted by atomic mass is 32.2. The number of aromatic nitrogens is 2. The zero-order valence-corrected chi connectivity index (χ0v) is 18.1. The number of H-pyrrole nitrogens is 1. The lowest BCUT2D eigenvalue weighted by Gasteiger charge is -2.19. The molecule has 0 saturated carbocycles. The minimum Gasteiger partial charge on any atom is -0.768 e. The van der Waals surface area contributed by atoms with Crippen molar-refractivity contribution < 1.29 is 8.76 Å². The molecule has 1 heterocycles. The molecule has 4 aromatic carbocycles. The number of nitrogens with zero attached hydrogens (tertiary/aromatic N) is 1. The maximum Gasteiger partial charge on any atom is 0.138 e. The van der Waals surface area contributed by atoms with Crippen LogP contribution >= 0.6 is 7.92 Å². The largest absolute Gasteiger partial charge is 0.768 e. The molecule has 6 heteroatoms. The van der Waals surface area contributed by atoms with E-state index in [9.17, 15) is 8.76 Å². The van der Waals surface area contributed by atoms with Crippen LogP contribution in [0.25, 0.3) is 22.4 Å². The highest BCUT2D eigenvalue weighted by molar-refractivity contribution is 7.80. The lowest BCUT2D eigenvalue weighted by molar-refractivity contribution is 0.538. The third kappa shape index (κ3) is 3.96. The zero-order valence-electron chi connectivity index (χ0n) is 16.4. The van der Waals surface area contributed by atoms with Crippen molar-refractivity contribution in [3.63, 3.8) is 0 Å². The number of imidazole rings is 1. The van der Waals surface area contributed by atoms with Gasteiger partial charge in [0.1, 0.15) is 11.3 Å². The molecule has 1 atom stereocenters. The van der Waals surface area contributed by atoms with Crippen LogP contribution in [0.3, 0.4) is 0 Å². The van der Waals surface area contributed by atoms with Gasteiger partial charge in [-0.05, 0) is 47.0 Å². The number of nitrogens with one attached hydrogen (secondary N) is 1. The maximum absolute atomic E-state index is 11.5. The van der Waals surface area contributed by atoms with Gasteiger partial charge in [-0.25, -0.2) is 4.98 Å². The fourth-order valence-electron chi connectivity index (χ4n) is 3.65. The average Bonchev–Trinajstić information content (AvgIpc) is 3.25. The molecule has 152 valence electrons. The molecule has 0 saturated heterocycles. The second-order valence-corrected chi connectivity index (χ2v) is 10.2. The smallest absolute Gasteiger partial charge is 0.138 e. The Morgan fingerprint density at radius 2 is 1.29 bits per heavy atom. The summed E-state index contributed by atoms with van der Waals surface area (Å²) in [7, 11) is -0.673. The SMILES string of the molecule is O=S([O-])c1cccc2[nH]c(-c3ccc(P(c4ccccc4)c4ccccc4)cc3)nc12. The van der Waals surface area contributed by atoms with Gasteiger partial charge in [-0.3, -0.25) is 4.21 Å². The van der Waals surface area contributed by atoms with Crippen LogP contribution in [0, 0.1) is 0 Å². The zero-order chi connectivity index (χ0) is 21.2. The standard InChI is InChI=1S/C25H19N2O2PS/c28-31(29)23-13-7-12-22-24(23)27-25(26-22)18-14-16-21(17-15-18)30(19-8-3-1-4-9-19)20-10-5-2-6-11-20/h1-17H,(H,26,27)(H,28,29)/p-1. The van der Waals surface area contributed by atoms with Crippen molar-refractivity contribution in [1.82, 2.24) is 9.97 Å². The fraction of sp³-hybridized carbons (Fsp3) is 0. The number of fused-ring (bicyclic) bond motifs is 1. The van der Waals surface area contributed by atoms with E-state index in [0.29, 0.717) is 16.9 Å². The lowest BCUT2D eigenvalue weighted by Crippen LogP contribution is -2.20. The molecule has 5 rings (SSSR count). The number of rotatable bonds is 5. The van der Waals surface area contributed by atoms with Gasteiger partial charge in [0.2, 0.25) is 0 Å². The third-order valence-electron chi connectivity index (χ3n) is 5.08. The first-order chi connectivity index (χ1) is 15.2. The van der Waals surface area contributed by atoms with Gasteiger partial charge in [0.25, 0.3) is 0 Å². The van der Waals surface area contributed by atoms with Crippen molar-refractivity contribution in [1.29, 1.82) is 0 Å². The van der Waals surface area contributed by atoms with Gasteiger partial charge in [-0.2, -0.15) is 0 Å². The molecule has 0 radical (unpaired) electrons. The molecular formula is C25H18N2O2PS-. The van der Waals surface area contributed by atoms with E-state index in [1.54, 1.807) is 12.1 Å². The summed E-state index contributed by atoms with van der Waals surface area (Å²) in [6.07, 6.45) is 0. The molecule has 1 unspecified atom stereocenters. The molecule has 0 spiro atoms. The fourth-order valence-corrected chi connectivity index (χ4v) is 6.43. The van der Waals surface area contributed by atoms with Gasteiger partial charge in [0.15, 0.2) is 0 Å². The Hall–Kier alpha value is -3.11. The Morgan fingerprint density at radius 3 is 1.87 bits per heavy atom. The van der Waals surface area contributed by atoms with E-state index in [4.69, 9.17) is 0 Å². The summed E-state index contributed by atoms with van der Waals surface area (Å²) >= 11 is -2.33. The minimum atomic E-state index is -2.33. The summed E-state index contributed by atoms with van der Waals surface area (Å²) < 4.78 is 23.0. The molecule has 5 aromatic rings. The summed E-state index contributed by atoms with van der Waals surface area (Å²) in [5, 5.41) is 3.83. The Morgan fingerprint density at radius 1 is 0.710 bits per heavy atom. The molecule has 0 bridgehead atoms. The molecule has 0 amide bonds. The highest BCUT2D eigenvalue weighted by Gasteiger charge is 2.16. The van der Waals surface area contributed by atoms with Gasteiger partial charge in [0.05, 0.1) is 10.4 Å². The number of hydrogen-bond acceptors (Lipinski definition) is 3. The molecule has 31 heavy (non-hydrogen) atoms. The molecule has 1 N–H and O–H groups in total. The van der Waals surface area contributed by atoms with Crippen LogP contribution in [0.4, 0.5) is 0 Å². The van der Waals surface area contributed by atoms with Crippen LogP contribution in [0.5, 0.6) is 0 Å². The first-order valence-electron chi connectivity index (χ1n) is 9.79. The first-order valence-corrected chi connectivity index (χ1v) is 12.2. The van der Waals surface area contributed by atoms with Crippen molar-refractivity contribution in [3.05, 3.63) is 103 Å². The third-order valence-corrected chi connectivity index (χ3v) is 8.22. The lowest BCUT2D eigenvalue weighted by atomic mass is 10.2. The van der Waals surface area contributed by atoms with Gasteiger partial charge < -0.3 is 9.54 Å². The van der Waals surface area contributed by atoms with Crippen molar-refractivity contribution in [2.75, 3.05) is 0 Å². The van der Waals surface area contributed by atoms with Gasteiger partial charge >= 0.3 is 0 Å². The van der Waals surface area contributed by atoms with E-state index in [1.807, 2.05) is 30.3 Å². The molecule has 1 aromatic heterocycles. The number of hydrogen-bond donors (Lipinski definition) is 1. The summed E-state index contributed by atoms with van der Waals surface area (Å²) in [4.78, 5) is 7.99. The maximum atomic E-state index is 11.5. The van der Waals surface area contributed by atoms with Crippen LogP contribution in [-0.2, 0) is 11.1 Å². The summed E-state index contributed by atoms with van der Waals surface area (Å²) in [6.45, 7) is 0. The second-order valence-electron chi connectivity index (χ2n) is 7.03. The van der Waals surface area contributed by atoms with Crippen molar-refractivity contribution >= 4 is 45.9 Å². The monoisotopic (exact) mass is 441 g/mol. The minimum absolute atomic E-state index is 0.202. The molecule has 0 aliphatic carbocycles. The van der Waals surface area contributed by atoms with Crippen molar-refractivity contribution in [2.45, 2.75) is 4.90 Å². The van der Waals surface area contributed by atoms with E-state index < -0.39 is 19.0 Å².